The molecule has 0 bridgehead atoms. The quantitative estimate of drug-likeness (QED) is 0.856. The third kappa shape index (κ3) is 6.04. The molecule has 8 heteroatoms. The molecule has 18 heavy (non-hydrogen) atoms. The van der Waals surface area contributed by atoms with E-state index in [4.69, 9.17) is 10.8 Å². The Bertz CT molecular complexity index is 363. The van der Waals surface area contributed by atoms with Crippen LogP contribution in [0.1, 0.15) is 5.56 Å². The SMILES string of the molecule is Cl.NC(CO)Cc1cccnc1OCC(F)(F)F. The Labute approximate surface area is 108 Å². The summed E-state index contributed by atoms with van der Waals surface area (Å²) < 4.78 is 40.5. The average molecular weight is 287 g/mol. The van der Waals surface area contributed by atoms with Gasteiger partial charge < -0.3 is 15.6 Å². The monoisotopic (exact) mass is 286 g/mol. The molecule has 1 aromatic rings. The maximum atomic E-state index is 12.0. The zero-order chi connectivity index (χ0) is 12.9. The normalized spacial score (nSPS) is 12.7. The predicted octanol–water partition coefficient (Wildman–Crippen LogP) is 1.31. The first-order valence-corrected chi connectivity index (χ1v) is 4.92. The van der Waals surface area contributed by atoms with E-state index in [9.17, 15) is 13.2 Å². The highest BCUT2D eigenvalue weighted by Crippen LogP contribution is 2.20. The number of rotatable bonds is 5. The lowest BCUT2D eigenvalue weighted by molar-refractivity contribution is -0.154. The molecule has 0 aliphatic heterocycles. The van der Waals surface area contributed by atoms with Crippen molar-refractivity contribution in [3.63, 3.8) is 0 Å². The maximum Gasteiger partial charge on any atom is 0.422 e. The van der Waals surface area contributed by atoms with E-state index in [1.807, 2.05) is 0 Å². The summed E-state index contributed by atoms with van der Waals surface area (Å²) in [6.07, 6.45) is -2.87. The summed E-state index contributed by atoms with van der Waals surface area (Å²) in [5.74, 6) is -0.103. The van der Waals surface area contributed by atoms with Gasteiger partial charge in [0.15, 0.2) is 6.61 Å². The molecule has 104 valence electrons. The average Bonchev–Trinajstić information content (AvgIpc) is 2.26. The van der Waals surface area contributed by atoms with Crippen LogP contribution in [0.3, 0.4) is 0 Å². The molecule has 3 N–H and O–H groups in total. The van der Waals surface area contributed by atoms with Gasteiger partial charge in [-0.25, -0.2) is 4.98 Å². The summed E-state index contributed by atoms with van der Waals surface area (Å²) in [4.78, 5) is 3.71. The van der Waals surface area contributed by atoms with Gasteiger partial charge in [0, 0.05) is 17.8 Å². The van der Waals surface area contributed by atoms with Crippen LogP contribution in [0.25, 0.3) is 0 Å². The number of alkyl halides is 3. The molecule has 0 saturated carbocycles. The lowest BCUT2D eigenvalue weighted by Crippen LogP contribution is -2.27. The number of nitrogens with two attached hydrogens (primary N) is 1. The molecule has 0 aliphatic rings. The van der Waals surface area contributed by atoms with Crippen molar-refractivity contribution in [2.75, 3.05) is 13.2 Å². The molecular weight excluding hydrogens is 273 g/mol. The highest BCUT2D eigenvalue weighted by Gasteiger charge is 2.29. The number of hydrogen-bond donors (Lipinski definition) is 2. The molecule has 0 aliphatic carbocycles. The summed E-state index contributed by atoms with van der Waals surface area (Å²) in [5, 5.41) is 8.78. The van der Waals surface area contributed by atoms with Crippen molar-refractivity contribution < 1.29 is 23.0 Å². The second-order valence-electron chi connectivity index (χ2n) is 3.52. The summed E-state index contributed by atoms with van der Waals surface area (Å²) in [5.41, 5.74) is 5.94. The first kappa shape index (κ1) is 16.9. The lowest BCUT2D eigenvalue weighted by Gasteiger charge is -2.13. The minimum atomic E-state index is -4.41. The first-order chi connectivity index (χ1) is 7.92. The molecule has 0 radical (unpaired) electrons. The fraction of sp³-hybridized carbons (Fsp3) is 0.500. The summed E-state index contributed by atoms with van der Waals surface area (Å²) >= 11 is 0. The van der Waals surface area contributed by atoms with Gasteiger partial charge in [0.2, 0.25) is 5.88 Å². The third-order valence-electron chi connectivity index (χ3n) is 1.94. The molecule has 1 atom stereocenters. The molecule has 0 amide bonds. The van der Waals surface area contributed by atoms with Gasteiger partial charge >= 0.3 is 6.18 Å². The van der Waals surface area contributed by atoms with Crippen LogP contribution in [0, 0.1) is 0 Å². The minimum Gasteiger partial charge on any atom is -0.468 e. The summed E-state index contributed by atoms with van der Waals surface area (Å²) in [6, 6.07) is 2.58. The standard InChI is InChI=1S/C10H13F3N2O2.ClH/c11-10(12,13)6-17-9-7(2-1-3-15-9)4-8(14)5-16;/h1-3,8,16H,4-6,14H2;1H. The zero-order valence-electron chi connectivity index (χ0n) is 9.35. The lowest BCUT2D eigenvalue weighted by atomic mass is 10.1. The molecule has 0 aromatic carbocycles. The predicted molar refractivity (Wildman–Crippen MR) is 61.8 cm³/mol. The molecular formula is C10H14ClF3N2O2. The van der Waals surface area contributed by atoms with Gasteiger partial charge in [0.1, 0.15) is 0 Å². The van der Waals surface area contributed by atoms with Crippen LogP contribution in [0.2, 0.25) is 0 Å². The van der Waals surface area contributed by atoms with Crippen molar-refractivity contribution in [1.82, 2.24) is 4.98 Å². The van der Waals surface area contributed by atoms with E-state index < -0.39 is 18.8 Å². The van der Waals surface area contributed by atoms with Gasteiger partial charge in [-0.15, -0.1) is 12.4 Å². The number of pyridine rings is 1. The minimum absolute atomic E-state index is 0. The molecule has 0 fully saturated rings. The molecule has 0 saturated heterocycles. The largest absolute Gasteiger partial charge is 0.468 e. The second-order valence-corrected chi connectivity index (χ2v) is 3.52. The van der Waals surface area contributed by atoms with Crippen molar-refractivity contribution in [2.24, 2.45) is 5.73 Å². The zero-order valence-corrected chi connectivity index (χ0v) is 10.2. The molecule has 1 rings (SSSR count). The van der Waals surface area contributed by atoms with E-state index in [1.165, 1.54) is 6.20 Å². The van der Waals surface area contributed by atoms with Gasteiger partial charge in [-0.3, -0.25) is 0 Å². The Hall–Kier alpha value is -1.05. The van der Waals surface area contributed by atoms with Crippen LogP contribution in [0.4, 0.5) is 13.2 Å². The van der Waals surface area contributed by atoms with Crippen LogP contribution in [-0.2, 0) is 6.42 Å². The number of aliphatic hydroxyl groups is 1. The van der Waals surface area contributed by atoms with Crippen molar-refractivity contribution in [2.45, 2.75) is 18.6 Å². The topological polar surface area (TPSA) is 68.4 Å². The van der Waals surface area contributed by atoms with E-state index >= 15 is 0 Å². The van der Waals surface area contributed by atoms with Crippen LogP contribution >= 0.6 is 12.4 Å². The van der Waals surface area contributed by atoms with Gasteiger partial charge in [-0.2, -0.15) is 13.2 Å². The number of halogens is 4. The van der Waals surface area contributed by atoms with Crippen LogP contribution in [-0.4, -0.2) is 35.5 Å². The number of aliphatic hydroxyl groups excluding tert-OH is 1. The van der Waals surface area contributed by atoms with Crippen LogP contribution < -0.4 is 10.5 Å². The highest BCUT2D eigenvalue weighted by atomic mass is 35.5. The van der Waals surface area contributed by atoms with Gasteiger partial charge in [0.05, 0.1) is 6.61 Å². The Balaban J connectivity index is 0.00000289. The number of nitrogens with zero attached hydrogens (tertiary/aromatic N) is 1. The van der Waals surface area contributed by atoms with Crippen LogP contribution in [0.5, 0.6) is 5.88 Å². The van der Waals surface area contributed by atoms with Crippen LogP contribution in [0.15, 0.2) is 18.3 Å². The van der Waals surface area contributed by atoms with E-state index in [1.54, 1.807) is 12.1 Å². The summed E-state index contributed by atoms with van der Waals surface area (Å²) in [7, 11) is 0. The number of ether oxygens (including phenoxy) is 1. The van der Waals surface area contributed by atoms with Gasteiger partial charge in [-0.1, -0.05) is 6.07 Å². The number of hydrogen-bond acceptors (Lipinski definition) is 4. The van der Waals surface area contributed by atoms with E-state index in [2.05, 4.69) is 9.72 Å². The smallest absolute Gasteiger partial charge is 0.422 e. The molecule has 1 heterocycles. The number of aromatic nitrogens is 1. The Morgan fingerprint density at radius 1 is 1.44 bits per heavy atom. The first-order valence-electron chi connectivity index (χ1n) is 4.92. The van der Waals surface area contributed by atoms with E-state index in [0.29, 0.717) is 5.56 Å². The molecule has 1 aromatic heterocycles. The molecule has 4 nitrogen and oxygen atoms in total. The summed E-state index contributed by atoms with van der Waals surface area (Å²) in [6.45, 7) is -1.65. The highest BCUT2D eigenvalue weighted by molar-refractivity contribution is 5.85. The van der Waals surface area contributed by atoms with Crippen molar-refractivity contribution in [1.29, 1.82) is 0 Å². The maximum absolute atomic E-state index is 12.0. The Kier molecular flexibility index (Phi) is 6.97. The molecule has 0 spiro atoms. The fourth-order valence-electron chi connectivity index (χ4n) is 1.21. The molecule has 1 unspecified atom stereocenters. The third-order valence-corrected chi connectivity index (χ3v) is 1.94. The van der Waals surface area contributed by atoms with Crippen molar-refractivity contribution in [3.8, 4) is 5.88 Å². The fourth-order valence-corrected chi connectivity index (χ4v) is 1.21. The Morgan fingerprint density at radius 3 is 2.67 bits per heavy atom. The second kappa shape index (κ2) is 7.40. The van der Waals surface area contributed by atoms with Gasteiger partial charge in [0.25, 0.3) is 0 Å². The van der Waals surface area contributed by atoms with E-state index in [-0.39, 0.29) is 31.3 Å². The van der Waals surface area contributed by atoms with Crippen molar-refractivity contribution in [3.05, 3.63) is 23.9 Å². The van der Waals surface area contributed by atoms with Crippen molar-refractivity contribution >= 4 is 12.4 Å². The Morgan fingerprint density at radius 2 is 2.11 bits per heavy atom. The van der Waals surface area contributed by atoms with Gasteiger partial charge in [-0.05, 0) is 12.5 Å². The van der Waals surface area contributed by atoms with E-state index in [0.717, 1.165) is 0 Å².